The van der Waals surface area contributed by atoms with Crippen molar-refractivity contribution in [3.8, 4) is 11.4 Å². The van der Waals surface area contributed by atoms with Gasteiger partial charge in [-0.3, -0.25) is 14.3 Å². The molecule has 12 heteroatoms. The minimum Gasteiger partial charge on any atom is -0.387 e. The fraction of sp³-hybridized carbons (Fsp3) is 0.292. The van der Waals surface area contributed by atoms with E-state index in [2.05, 4.69) is 30.6 Å². The lowest BCUT2D eigenvalue weighted by molar-refractivity contribution is -0.137. The maximum absolute atomic E-state index is 13.9. The first-order valence-corrected chi connectivity index (χ1v) is 11.2. The second-order valence-corrected chi connectivity index (χ2v) is 8.50. The number of halogens is 1. The molecule has 0 spiro atoms. The first-order chi connectivity index (χ1) is 17.4. The van der Waals surface area contributed by atoms with Crippen LogP contribution in [-0.2, 0) is 16.1 Å². The normalized spacial score (nSPS) is 21.6. The summed E-state index contributed by atoms with van der Waals surface area (Å²) in [6, 6.07) is 9.21. The third-order valence-electron chi connectivity index (χ3n) is 5.94. The van der Waals surface area contributed by atoms with Gasteiger partial charge in [0.15, 0.2) is 35.1 Å². The number of hydrogen-bond acceptors (Lipinski definition) is 9. The highest BCUT2D eigenvalue weighted by molar-refractivity contribution is 5.85. The summed E-state index contributed by atoms with van der Waals surface area (Å²) in [5, 5.41) is 26.7. The molecule has 1 aliphatic rings. The first-order valence-electron chi connectivity index (χ1n) is 11.2. The number of benzene rings is 1. The number of nitrogens with zero attached hydrogens (tertiary/aromatic N) is 5. The van der Waals surface area contributed by atoms with Gasteiger partial charge in [0.1, 0.15) is 18.0 Å². The number of rotatable bonds is 6. The molecule has 4 heterocycles. The van der Waals surface area contributed by atoms with Crippen LogP contribution in [-0.4, -0.2) is 66.0 Å². The molecule has 0 radical (unpaired) electrons. The molecule has 3 aromatic heterocycles. The zero-order valence-electron chi connectivity index (χ0n) is 19.5. The number of pyridine rings is 1. The Bertz CT molecular complexity index is 1430. The van der Waals surface area contributed by atoms with Crippen LogP contribution in [0.1, 0.15) is 17.4 Å². The van der Waals surface area contributed by atoms with Gasteiger partial charge in [-0.25, -0.2) is 19.3 Å². The Balaban J connectivity index is 1.58. The average molecular weight is 493 g/mol. The van der Waals surface area contributed by atoms with E-state index in [4.69, 9.17) is 4.74 Å². The third kappa shape index (κ3) is 4.37. The number of aromatic nitrogens is 5. The molecule has 3 unspecified atom stereocenters. The van der Waals surface area contributed by atoms with E-state index in [0.29, 0.717) is 23.4 Å². The molecule has 1 fully saturated rings. The topological polar surface area (TPSA) is 147 Å². The van der Waals surface area contributed by atoms with Gasteiger partial charge in [-0.1, -0.05) is 29.8 Å². The Kier molecular flexibility index (Phi) is 6.31. The van der Waals surface area contributed by atoms with Crippen molar-refractivity contribution < 1.29 is 24.1 Å². The van der Waals surface area contributed by atoms with Gasteiger partial charge in [0, 0.05) is 25.4 Å². The van der Waals surface area contributed by atoms with Gasteiger partial charge in [0.25, 0.3) is 5.91 Å². The molecule has 5 rings (SSSR count). The van der Waals surface area contributed by atoms with Crippen molar-refractivity contribution >= 4 is 22.9 Å². The van der Waals surface area contributed by atoms with Crippen molar-refractivity contribution in [2.45, 2.75) is 38.0 Å². The standard InChI is InChI=1S/C24H24FN7O4/c1-12-4-3-5-13(6-12)8-28-21-16-22(31-20(30-21)14-7-15(25)10-27-9-14)32(11-29-16)24-18(34)17(33)19(36-24)23(35)26-2/h3-7,9-11,17-19,24,33-34H,8H2,1-2H3,(H,26,35)(H,28,30,31)/t17?,18?,19-,24?/m1/s1. The summed E-state index contributed by atoms with van der Waals surface area (Å²) in [7, 11) is 1.41. The van der Waals surface area contributed by atoms with E-state index in [1.807, 2.05) is 31.2 Å². The number of aliphatic hydroxyl groups is 2. The molecule has 0 aliphatic carbocycles. The lowest BCUT2D eigenvalue weighted by atomic mass is 10.1. The number of fused-ring (bicyclic) bond motifs is 1. The number of imidazole rings is 1. The largest absolute Gasteiger partial charge is 0.387 e. The molecule has 1 saturated heterocycles. The molecule has 1 aromatic carbocycles. The van der Waals surface area contributed by atoms with E-state index >= 15 is 0 Å². The highest BCUT2D eigenvalue weighted by Gasteiger charge is 2.47. The van der Waals surface area contributed by atoms with Gasteiger partial charge in [-0.05, 0) is 18.6 Å². The van der Waals surface area contributed by atoms with E-state index < -0.39 is 36.3 Å². The lowest BCUT2D eigenvalue weighted by Gasteiger charge is -2.17. The highest BCUT2D eigenvalue weighted by Crippen LogP contribution is 2.33. The summed E-state index contributed by atoms with van der Waals surface area (Å²) in [4.78, 5) is 29.5. The molecule has 186 valence electrons. The number of aliphatic hydroxyl groups excluding tert-OH is 2. The molecule has 4 atom stereocenters. The number of aryl methyl sites for hydroxylation is 1. The van der Waals surface area contributed by atoms with Crippen molar-refractivity contribution in [2.24, 2.45) is 0 Å². The van der Waals surface area contributed by atoms with Crippen LogP contribution in [0.15, 0.2) is 49.1 Å². The van der Waals surface area contributed by atoms with E-state index in [-0.39, 0.29) is 11.5 Å². The maximum atomic E-state index is 13.9. The molecule has 36 heavy (non-hydrogen) atoms. The SMILES string of the molecule is CNC(=O)[C@@H]1OC(n2cnc3c(NCc4cccc(C)c4)nc(-c4cncc(F)c4)nc32)C(O)C1O. The van der Waals surface area contributed by atoms with Crippen LogP contribution in [0.5, 0.6) is 0 Å². The Labute approximate surface area is 205 Å². The molecular weight excluding hydrogens is 469 g/mol. The Hall–Kier alpha value is -4.00. The quantitative estimate of drug-likeness (QED) is 0.312. The van der Waals surface area contributed by atoms with Gasteiger partial charge in [-0.2, -0.15) is 0 Å². The van der Waals surface area contributed by atoms with Crippen molar-refractivity contribution in [2.75, 3.05) is 12.4 Å². The summed E-state index contributed by atoms with van der Waals surface area (Å²) in [6.07, 6.45) is -1.42. The predicted octanol–water partition coefficient (Wildman–Crippen LogP) is 1.31. The maximum Gasteiger partial charge on any atom is 0.251 e. The van der Waals surface area contributed by atoms with Crippen molar-refractivity contribution in [3.05, 3.63) is 66.0 Å². The molecule has 4 N–H and O–H groups in total. The number of carbonyl (C=O) groups excluding carboxylic acids is 1. The molecule has 1 amide bonds. The molecule has 1 aliphatic heterocycles. The second-order valence-electron chi connectivity index (χ2n) is 8.50. The fourth-order valence-corrected chi connectivity index (χ4v) is 4.15. The van der Waals surface area contributed by atoms with Crippen LogP contribution >= 0.6 is 0 Å². The van der Waals surface area contributed by atoms with E-state index in [1.54, 1.807) is 0 Å². The zero-order chi connectivity index (χ0) is 25.4. The first kappa shape index (κ1) is 23.7. The zero-order valence-corrected chi connectivity index (χ0v) is 19.5. The molecule has 4 aromatic rings. The predicted molar refractivity (Wildman–Crippen MR) is 127 cm³/mol. The van der Waals surface area contributed by atoms with Gasteiger partial charge in [0.05, 0.1) is 12.5 Å². The summed E-state index contributed by atoms with van der Waals surface area (Å²) in [5.41, 5.74) is 3.07. The molecular formula is C24H24FN7O4. The Morgan fingerprint density at radius 3 is 2.78 bits per heavy atom. The number of carbonyl (C=O) groups is 1. The molecule has 11 nitrogen and oxygen atoms in total. The van der Waals surface area contributed by atoms with Gasteiger partial charge in [0.2, 0.25) is 0 Å². The van der Waals surface area contributed by atoms with Gasteiger partial charge >= 0.3 is 0 Å². The van der Waals surface area contributed by atoms with E-state index in [1.165, 1.54) is 30.2 Å². The monoisotopic (exact) mass is 493 g/mol. The Morgan fingerprint density at radius 2 is 2.03 bits per heavy atom. The second kappa shape index (κ2) is 9.57. The number of ether oxygens (including phenoxy) is 1. The minimum atomic E-state index is -1.46. The minimum absolute atomic E-state index is 0.166. The van der Waals surface area contributed by atoms with E-state index in [0.717, 1.165) is 17.3 Å². The van der Waals surface area contributed by atoms with Crippen molar-refractivity contribution in [1.82, 2.24) is 29.8 Å². The Morgan fingerprint density at radius 1 is 1.19 bits per heavy atom. The lowest BCUT2D eigenvalue weighted by Crippen LogP contribution is -2.41. The van der Waals surface area contributed by atoms with Gasteiger partial charge < -0.3 is 25.6 Å². The number of nitrogens with one attached hydrogen (secondary N) is 2. The fourth-order valence-electron chi connectivity index (χ4n) is 4.15. The molecule has 0 bridgehead atoms. The number of amides is 1. The summed E-state index contributed by atoms with van der Waals surface area (Å²) in [6.45, 7) is 2.43. The van der Waals surface area contributed by atoms with E-state index in [9.17, 15) is 19.4 Å². The van der Waals surface area contributed by atoms with Crippen molar-refractivity contribution in [1.29, 1.82) is 0 Å². The van der Waals surface area contributed by atoms with Crippen LogP contribution in [0, 0.1) is 12.7 Å². The smallest absolute Gasteiger partial charge is 0.251 e. The van der Waals surface area contributed by atoms with Crippen LogP contribution < -0.4 is 10.6 Å². The van der Waals surface area contributed by atoms with Crippen LogP contribution in [0.2, 0.25) is 0 Å². The van der Waals surface area contributed by atoms with Crippen LogP contribution in [0.3, 0.4) is 0 Å². The summed E-state index contributed by atoms with van der Waals surface area (Å²) < 4.78 is 21.0. The van der Waals surface area contributed by atoms with Crippen molar-refractivity contribution in [3.63, 3.8) is 0 Å². The average Bonchev–Trinajstić information content (AvgIpc) is 3.43. The van der Waals surface area contributed by atoms with Crippen LogP contribution in [0.4, 0.5) is 10.2 Å². The van der Waals surface area contributed by atoms with Gasteiger partial charge in [-0.15, -0.1) is 0 Å². The highest BCUT2D eigenvalue weighted by atomic mass is 19.1. The number of hydrogen-bond donors (Lipinski definition) is 4. The summed E-state index contributed by atoms with van der Waals surface area (Å²) >= 11 is 0. The molecule has 0 saturated carbocycles. The summed E-state index contributed by atoms with van der Waals surface area (Å²) in [5.74, 6) is -0.588. The third-order valence-corrected chi connectivity index (χ3v) is 5.94. The van der Waals surface area contributed by atoms with Crippen LogP contribution in [0.25, 0.3) is 22.6 Å². The number of anilines is 1. The number of likely N-dealkylation sites (N-methyl/N-ethyl adjacent to an activating group) is 1.